The van der Waals surface area contributed by atoms with Gasteiger partial charge < -0.3 is 9.64 Å². The number of halogens is 1. The third-order valence-corrected chi connectivity index (χ3v) is 6.48. The molecule has 0 atom stereocenters. The van der Waals surface area contributed by atoms with E-state index in [1.807, 2.05) is 43.3 Å². The quantitative estimate of drug-likeness (QED) is 0.308. The maximum absolute atomic E-state index is 13.3. The van der Waals surface area contributed by atoms with Gasteiger partial charge >= 0.3 is 5.97 Å². The van der Waals surface area contributed by atoms with Gasteiger partial charge in [0, 0.05) is 30.4 Å². The molecule has 168 valence electrons. The fraction of sp³-hybridized carbons (Fsp3) is 0.160. The second-order valence-electron chi connectivity index (χ2n) is 7.54. The lowest BCUT2D eigenvalue weighted by Gasteiger charge is -2.11. The van der Waals surface area contributed by atoms with Crippen LogP contribution in [0.15, 0.2) is 59.4 Å². The minimum absolute atomic E-state index is 0.110. The average Bonchev–Trinajstić information content (AvgIpc) is 3.32. The summed E-state index contributed by atoms with van der Waals surface area (Å²) in [5.41, 5.74) is 2.18. The summed E-state index contributed by atoms with van der Waals surface area (Å²) in [4.78, 5) is 41.5. The highest BCUT2D eigenvalue weighted by Gasteiger charge is 2.25. The van der Waals surface area contributed by atoms with E-state index in [0.29, 0.717) is 19.9 Å². The molecule has 33 heavy (non-hydrogen) atoms. The zero-order valence-electron chi connectivity index (χ0n) is 18.3. The highest BCUT2D eigenvalue weighted by Crippen LogP contribution is 2.23. The van der Waals surface area contributed by atoms with Crippen LogP contribution in [0, 0.1) is 0 Å². The number of hydrogen-bond donors (Lipinski definition) is 0. The number of fused-ring (bicyclic) bond motifs is 1. The normalized spacial score (nSPS) is 11.7. The lowest BCUT2D eigenvalue weighted by molar-refractivity contribution is 0.0529. The smallest absolute Gasteiger partial charge is 0.341 e. The molecule has 0 amide bonds. The highest BCUT2D eigenvalue weighted by molar-refractivity contribution is 7.15. The van der Waals surface area contributed by atoms with Crippen molar-refractivity contribution in [3.63, 3.8) is 0 Å². The first-order chi connectivity index (χ1) is 15.8. The zero-order chi connectivity index (χ0) is 23.7. The summed E-state index contributed by atoms with van der Waals surface area (Å²) >= 11 is 7.09. The molecule has 2 aromatic heterocycles. The molecule has 0 fully saturated rings. The zero-order valence-corrected chi connectivity index (χ0v) is 19.9. The van der Waals surface area contributed by atoms with Gasteiger partial charge in [-0.15, -0.1) is 11.3 Å². The molecule has 0 N–H and O–H groups in total. The first kappa shape index (κ1) is 22.8. The highest BCUT2D eigenvalue weighted by atomic mass is 35.5. The van der Waals surface area contributed by atoms with Crippen LogP contribution in [0.5, 0.6) is 0 Å². The molecule has 4 rings (SSSR count). The van der Waals surface area contributed by atoms with E-state index in [9.17, 15) is 14.4 Å². The van der Waals surface area contributed by atoms with Crippen LogP contribution in [0.1, 0.15) is 38.9 Å². The molecule has 4 aromatic rings. The van der Waals surface area contributed by atoms with E-state index in [1.54, 1.807) is 37.3 Å². The Morgan fingerprint density at radius 2 is 1.76 bits per heavy atom. The molecule has 0 aliphatic heterocycles. The maximum Gasteiger partial charge on any atom is 0.341 e. The number of aromatic nitrogens is 1. The van der Waals surface area contributed by atoms with Crippen molar-refractivity contribution >= 4 is 51.3 Å². The molecule has 8 heteroatoms. The van der Waals surface area contributed by atoms with Gasteiger partial charge in [0.25, 0.3) is 5.56 Å². The Labute approximate surface area is 199 Å². The van der Waals surface area contributed by atoms with Crippen molar-refractivity contribution in [2.75, 3.05) is 25.6 Å². The number of thiazole rings is 1. The van der Waals surface area contributed by atoms with Gasteiger partial charge in [0.05, 0.1) is 22.4 Å². The molecule has 0 spiro atoms. The molecule has 2 aromatic carbocycles. The molecular weight excluding hydrogens is 460 g/mol. The lowest BCUT2D eigenvalue weighted by atomic mass is 10.1. The number of carbonyl (C=O) groups is 2. The van der Waals surface area contributed by atoms with Crippen molar-refractivity contribution in [1.29, 1.82) is 0 Å². The van der Waals surface area contributed by atoms with Crippen molar-refractivity contribution in [3.8, 4) is 0 Å². The van der Waals surface area contributed by atoms with Gasteiger partial charge in [-0.25, -0.2) is 4.79 Å². The predicted molar refractivity (Wildman–Crippen MR) is 132 cm³/mol. The van der Waals surface area contributed by atoms with Crippen LogP contribution in [-0.4, -0.2) is 36.9 Å². The molecule has 0 aliphatic rings. The molecule has 2 heterocycles. The van der Waals surface area contributed by atoms with Gasteiger partial charge in [0.2, 0.25) is 5.78 Å². The topological polar surface area (TPSA) is 68.1 Å². The Balaban J connectivity index is 1.89. The number of hydrogen-bond acceptors (Lipinski definition) is 6. The van der Waals surface area contributed by atoms with Crippen LogP contribution >= 0.6 is 22.9 Å². The Bertz CT molecular complexity index is 1450. The lowest BCUT2D eigenvalue weighted by Crippen LogP contribution is -2.25. The maximum atomic E-state index is 13.3. The van der Waals surface area contributed by atoms with Crippen LogP contribution < -0.4 is 15.0 Å². The monoisotopic (exact) mass is 480 g/mol. The minimum Gasteiger partial charge on any atom is -0.462 e. The fourth-order valence-corrected chi connectivity index (χ4v) is 4.67. The summed E-state index contributed by atoms with van der Waals surface area (Å²) in [6.45, 7) is 1.89. The Morgan fingerprint density at radius 3 is 2.36 bits per heavy atom. The molecule has 0 radical (unpaired) electrons. The second-order valence-corrected chi connectivity index (χ2v) is 9.01. The molecule has 0 saturated heterocycles. The van der Waals surface area contributed by atoms with Gasteiger partial charge in [-0.2, -0.15) is 0 Å². The Morgan fingerprint density at radius 1 is 1.09 bits per heavy atom. The SMILES string of the molecule is CCOC(=O)c1cc(C(=O)c2ccc(Cl)cc2)n2c(=O)/c(=C\c3ccc(N(C)C)cc3)sc12. The fourth-order valence-electron chi connectivity index (χ4n) is 3.44. The molecule has 0 saturated carbocycles. The van der Waals surface area contributed by atoms with Crippen molar-refractivity contribution in [2.24, 2.45) is 0 Å². The molecular formula is C25H21ClN2O4S. The van der Waals surface area contributed by atoms with E-state index in [1.165, 1.54) is 10.5 Å². The van der Waals surface area contributed by atoms with Crippen molar-refractivity contribution in [2.45, 2.75) is 6.92 Å². The number of carbonyl (C=O) groups excluding carboxylic acids is 2. The van der Waals surface area contributed by atoms with Crippen LogP contribution in [-0.2, 0) is 4.74 Å². The predicted octanol–water partition coefficient (Wildman–Crippen LogP) is 4.04. The average molecular weight is 481 g/mol. The summed E-state index contributed by atoms with van der Waals surface area (Å²) < 4.78 is 6.88. The summed E-state index contributed by atoms with van der Waals surface area (Å²) in [7, 11) is 3.90. The third-order valence-electron chi connectivity index (χ3n) is 5.12. The molecule has 0 bridgehead atoms. The summed E-state index contributed by atoms with van der Waals surface area (Å²) in [5.74, 6) is -0.956. The van der Waals surface area contributed by atoms with Crippen LogP contribution in [0.2, 0.25) is 5.02 Å². The molecule has 0 unspecified atom stereocenters. The van der Waals surface area contributed by atoms with Crippen molar-refractivity contribution < 1.29 is 14.3 Å². The number of benzene rings is 2. The number of ketones is 1. The van der Waals surface area contributed by atoms with E-state index in [0.717, 1.165) is 22.6 Å². The second kappa shape index (κ2) is 9.21. The van der Waals surface area contributed by atoms with Gasteiger partial charge in [-0.1, -0.05) is 23.7 Å². The van der Waals surface area contributed by atoms with Gasteiger partial charge in [0.15, 0.2) is 0 Å². The molecule has 6 nitrogen and oxygen atoms in total. The first-order valence-corrected chi connectivity index (χ1v) is 11.4. The van der Waals surface area contributed by atoms with Gasteiger partial charge in [-0.3, -0.25) is 14.0 Å². The Kier molecular flexibility index (Phi) is 6.35. The van der Waals surface area contributed by atoms with E-state index in [2.05, 4.69) is 0 Å². The van der Waals surface area contributed by atoms with Gasteiger partial charge in [0.1, 0.15) is 4.83 Å². The van der Waals surface area contributed by atoms with E-state index in [-0.39, 0.29) is 29.2 Å². The number of nitrogens with zero attached hydrogens (tertiary/aromatic N) is 2. The van der Waals surface area contributed by atoms with Crippen molar-refractivity contribution in [1.82, 2.24) is 4.40 Å². The summed E-state index contributed by atoms with van der Waals surface area (Å²) in [6.07, 6.45) is 1.75. The van der Waals surface area contributed by atoms with Crippen LogP contribution in [0.25, 0.3) is 10.9 Å². The Hall–Kier alpha value is -3.42. The summed E-state index contributed by atoms with van der Waals surface area (Å²) in [6, 6.07) is 15.5. The van der Waals surface area contributed by atoms with Crippen LogP contribution in [0.3, 0.4) is 0 Å². The van der Waals surface area contributed by atoms with E-state index >= 15 is 0 Å². The third kappa shape index (κ3) is 4.42. The summed E-state index contributed by atoms with van der Waals surface area (Å²) in [5, 5.41) is 0.497. The first-order valence-electron chi connectivity index (χ1n) is 10.2. The molecule has 0 aliphatic carbocycles. The number of ether oxygens (including phenoxy) is 1. The van der Waals surface area contributed by atoms with Crippen LogP contribution in [0.4, 0.5) is 5.69 Å². The minimum atomic E-state index is -0.576. The van der Waals surface area contributed by atoms with E-state index < -0.39 is 5.97 Å². The number of esters is 1. The number of anilines is 1. The van der Waals surface area contributed by atoms with E-state index in [4.69, 9.17) is 16.3 Å². The largest absolute Gasteiger partial charge is 0.462 e. The van der Waals surface area contributed by atoms with Crippen molar-refractivity contribution in [3.05, 3.63) is 96.9 Å². The number of rotatable bonds is 6. The van der Waals surface area contributed by atoms with Gasteiger partial charge in [-0.05, 0) is 61.0 Å². The standard InChI is InChI=1S/C25H21ClN2O4S/c1-4-32-25(31)19-14-20(22(29)16-7-9-17(26)10-8-16)28-23(30)21(33-24(19)28)13-15-5-11-18(12-6-15)27(2)3/h5-14H,4H2,1-3H3/b21-13+.